The van der Waals surface area contributed by atoms with Crippen molar-refractivity contribution in [2.75, 3.05) is 18.0 Å². The van der Waals surface area contributed by atoms with Crippen molar-refractivity contribution in [1.29, 1.82) is 5.26 Å². The minimum absolute atomic E-state index is 0.00153. The molecule has 0 radical (unpaired) electrons. The SMILES string of the molecule is Cc1ccccc1CN(c1ccc(C#N)c(Cl)c1)[C@H]1CCN(S(=O)(=O)c2cccs2)C1. The van der Waals surface area contributed by atoms with Crippen molar-refractivity contribution in [3.8, 4) is 6.07 Å². The van der Waals surface area contributed by atoms with E-state index in [0.717, 1.165) is 5.69 Å². The Labute approximate surface area is 192 Å². The molecule has 0 N–H and O–H groups in total. The monoisotopic (exact) mass is 471 g/mol. The zero-order valence-electron chi connectivity index (χ0n) is 17.0. The van der Waals surface area contributed by atoms with Crippen LogP contribution in [0.3, 0.4) is 0 Å². The van der Waals surface area contributed by atoms with Crippen LogP contribution in [0, 0.1) is 18.3 Å². The van der Waals surface area contributed by atoms with Gasteiger partial charge in [-0.05, 0) is 54.1 Å². The third kappa shape index (κ3) is 4.48. The van der Waals surface area contributed by atoms with Gasteiger partial charge in [-0.25, -0.2) is 8.42 Å². The highest BCUT2D eigenvalue weighted by atomic mass is 35.5. The molecule has 2 aromatic carbocycles. The van der Waals surface area contributed by atoms with E-state index in [2.05, 4.69) is 30.0 Å². The number of halogens is 1. The molecule has 5 nitrogen and oxygen atoms in total. The van der Waals surface area contributed by atoms with E-state index in [9.17, 15) is 13.7 Å². The van der Waals surface area contributed by atoms with Gasteiger partial charge in [-0.3, -0.25) is 0 Å². The minimum Gasteiger partial charge on any atom is -0.363 e. The Morgan fingerprint density at radius 1 is 1.23 bits per heavy atom. The fraction of sp³-hybridized carbons (Fsp3) is 0.261. The predicted octanol–water partition coefficient (Wildman–Crippen LogP) is 5.05. The van der Waals surface area contributed by atoms with Crippen molar-refractivity contribution in [2.45, 2.75) is 30.1 Å². The van der Waals surface area contributed by atoms with Crippen LogP contribution in [-0.4, -0.2) is 31.9 Å². The van der Waals surface area contributed by atoms with Gasteiger partial charge in [-0.1, -0.05) is 41.9 Å². The number of nitrogens with zero attached hydrogens (tertiary/aromatic N) is 3. The highest BCUT2D eigenvalue weighted by molar-refractivity contribution is 7.91. The molecule has 0 unspecified atom stereocenters. The molecule has 31 heavy (non-hydrogen) atoms. The first kappa shape index (κ1) is 21.8. The molecule has 1 aromatic heterocycles. The number of sulfonamides is 1. The number of aryl methyl sites for hydroxylation is 1. The Bertz CT molecular complexity index is 1220. The van der Waals surface area contributed by atoms with E-state index < -0.39 is 10.0 Å². The summed E-state index contributed by atoms with van der Waals surface area (Å²) in [4.78, 5) is 2.21. The summed E-state index contributed by atoms with van der Waals surface area (Å²) >= 11 is 7.57. The van der Waals surface area contributed by atoms with E-state index in [1.807, 2.05) is 18.2 Å². The van der Waals surface area contributed by atoms with E-state index in [-0.39, 0.29) is 6.04 Å². The summed E-state index contributed by atoms with van der Waals surface area (Å²) < 4.78 is 28.0. The minimum atomic E-state index is -3.49. The van der Waals surface area contributed by atoms with Crippen molar-refractivity contribution in [3.63, 3.8) is 0 Å². The Morgan fingerprint density at radius 2 is 2.03 bits per heavy atom. The highest BCUT2D eigenvalue weighted by Crippen LogP contribution is 2.32. The first-order valence-corrected chi connectivity index (χ1v) is 12.6. The number of anilines is 1. The van der Waals surface area contributed by atoms with Crippen molar-refractivity contribution in [1.82, 2.24) is 4.31 Å². The number of nitriles is 1. The molecule has 0 aliphatic carbocycles. The molecule has 0 saturated carbocycles. The lowest BCUT2D eigenvalue weighted by molar-refractivity contribution is 0.470. The fourth-order valence-corrected chi connectivity index (χ4v) is 6.75. The van der Waals surface area contributed by atoms with Gasteiger partial charge in [0.2, 0.25) is 0 Å². The molecular weight excluding hydrogens is 450 g/mol. The summed E-state index contributed by atoms with van der Waals surface area (Å²) in [6.45, 7) is 3.58. The van der Waals surface area contributed by atoms with Gasteiger partial charge in [0.1, 0.15) is 10.3 Å². The molecular formula is C23H22ClN3O2S2. The maximum absolute atomic E-state index is 13.0. The van der Waals surface area contributed by atoms with Gasteiger partial charge in [-0.15, -0.1) is 11.3 Å². The lowest BCUT2D eigenvalue weighted by Gasteiger charge is -2.32. The Morgan fingerprint density at radius 3 is 2.71 bits per heavy atom. The van der Waals surface area contributed by atoms with Crippen LogP contribution >= 0.6 is 22.9 Å². The second kappa shape index (κ2) is 9.01. The molecule has 160 valence electrons. The molecule has 1 aliphatic heterocycles. The van der Waals surface area contributed by atoms with E-state index >= 15 is 0 Å². The molecule has 1 fully saturated rings. The molecule has 8 heteroatoms. The molecule has 0 bridgehead atoms. The third-order valence-electron chi connectivity index (χ3n) is 5.66. The summed E-state index contributed by atoms with van der Waals surface area (Å²) in [5.41, 5.74) is 3.65. The lowest BCUT2D eigenvalue weighted by atomic mass is 10.1. The maximum Gasteiger partial charge on any atom is 0.252 e. The molecule has 1 aliphatic rings. The second-order valence-electron chi connectivity index (χ2n) is 7.57. The third-order valence-corrected chi connectivity index (χ3v) is 9.21. The number of hydrogen-bond acceptors (Lipinski definition) is 5. The van der Waals surface area contributed by atoms with Crippen LogP contribution in [0.5, 0.6) is 0 Å². The van der Waals surface area contributed by atoms with Gasteiger partial charge >= 0.3 is 0 Å². The van der Waals surface area contributed by atoms with Crippen molar-refractivity contribution in [3.05, 3.63) is 81.7 Å². The second-order valence-corrected chi connectivity index (χ2v) is 11.1. The van der Waals surface area contributed by atoms with Crippen LogP contribution in [0.25, 0.3) is 0 Å². The van der Waals surface area contributed by atoms with E-state index in [1.54, 1.807) is 34.0 Å². The van der Waals surface area contributed by atoms with Crippen LogP contribution in [-0.2, 0) is 16.6 Å². The normalized spacial score (nSPS) is 16.9. The zero-order chi connectivity index (χ0) is 22.0. The molecule has 3 aromatic rings. The van der Waals surface area contributed by atoms with Gasteiger partial charge in [0.05, 0.1) is 10.6 Å². The quantitative estimate of drug-likeness (QED) is 0.504. The van der Waals surface area contributed by atoms with Crippen LogP contribution in [0.4, 0.5) is 5.69 Å². The molecule has 2 heterocycles. The van der Waals surface area contributed by atoms with E-state index in [0.29, 0.717) is 40.9 Å². The van der Waals surface area contributed by atoms with Crippen molar-refractivity contribution >= 4 is 38.6 Å². The largest absolute Gasteiger partial charge is 0.363 e. The highest BCUT2D eigenvalue weighted by Gasteiger charge is 2.36. The lowest BCUT2D eigenvalue weighted by Crippen LogP contribution is -2.38. The van der Waals surface area contributed by atoms with Gasteiger partial charge in [-0.2, -0.15) is 9.57 Å². The van der Waals surface area contributed by atoms with Crippen LogP contribution < -0.4 is 4.90 Å². The number of benzene rings is 2. The maximum atomic E-state index is 13.0. The molecule has 1 saturated heterocycles. The summed E-state index contributed by atoms with van der Waals surface area (Å²) in [6, 6.07) is 19.1. The summed E-state index contributed by atoms with van der Waals surface area (Å²) in [5, 5.41) is 11.4. The molecule has 0 spiro atoms. The Hall–Kier alpha value is -2.37. The van der Waals surface area contributed by atoms with Crippen LogP contribution in [0.1, 0.15) is 23.1 Å². The molecule has 1 atom stereocenters. The average molecular weight is 472 g/mol. The number of hydrogen-bond donors (Lipinski definition) is 0. The van der Waals surface area contributed by atoms with Gasteiger partial charge in [0, 0.05) is 31.4 Å². The molecule has 4 rings (SSSR count). The zero-order valence-corrected chi connectivity index (χ0v) is 19.4. The standard InChI is InChI=1S/C23H22ClN3O2S2/c1-17-5-2-3-6-19(17)15-27(20-9-8-18(14-25)22(24)13-20)21-10-11-26(16-21)31(28,29)23-7-4-12-30-23/h2-9,12-13,21H,10-11,15-16H2,1H3/t21-/m0/s1. The predicted molar refractivity (Wildman–Crippen MR) is 125 cm³/mol. The van der Waals surface area contributed by atoms with Crippen LogP contribution in [0.2, 0.25) is 5.02 Å². The van der Waals surface area contributed by atoms with Gasteiger partial charge in [0.15, 0.2) is 0 Å². The van der Waals surface area contributed by atoms with Gasteiger partial charge in [0.25, 0.3) is 10.0 Å². The Balaban J connectivity index is 1.66. The number of rotatable bonds is 6. The number of thiophene rings is 1. The van der Waals surface area contributed by atoms with Crippen molar-refractivity contribution in [2.24, 2.45) is 0 Å². The van der Waals surface area contributed by atoms with E-state index in [4.69, 9.17) is 11.6 Å². The average Bonchev–Trinajstić information content (AvgIpc) is 3.46. The molecule has 0 amide bonds. The Kier molecular flexibility index (Phi) is 6.35. The van der Waals surface area contributed by atoms with Crippen LogP contribution in [0.15, 0.2) is 64.2 Å². The first-order chi connectivity index (χ1) is 14.9. The summed E-state index contributed by atoms with van der Waals surface area (Å²) in [6.07, 6.45) is 0.716. The first-order valence-electron chi connectivity index (χ1n) is 9.94. The summed E-state index contributed by atoms with van der Waals surface area (Å²) in [5.74, 6) is 0. The smallest absolute Gasteiger partial charge is 0.252 e. The van der Waals surface area contributed by atoms with E-state index in [1.165, 1.54) is 22.5 Å². The van der Waals surface area contributed by atoms with Crippen molar-refractivity contribution < 1.29 is 8.42 Å². The fourth-order valence-electron chi connectivity index (χ4n) is 3.90. The topological polar surface area (TPSA) is 64.4 Å². The summed E-state index contributed by atoms with van der Waals surface area (Å²) in [7, 11) is -3.49. The van der Waals surface area contributed by atoms with Gasteiger partial charge < -0.3 is 4.90 Å².